The van der Waals surface area contributed by atoms with E-state index in [9.17, 15) is 13.0 Å². The number of hydrogen-bond donors (Lipinski definition) is 2. The SMILES string of the molecule is COP(=O)(Nc1ccc(Nc2c3ccccc3nc3cc(S(C)(=O)=O)ccc23)cc1)OC. The lowest BCUT2D eigenvalue weighted by atomic mass is 10.1. The number of rotatable bonds is 7. The molecule has 0 amide bonds. The first-order chi connectivity index (χ1) is 15.2. The van der Waals surface area contributed by atoms with Crippen molar-refractivity contribution >= 4 is 56.5 Å². The van der Waals surface area contributed by atoms with Crippen LogP contribution in [0.1, 0.15) is 0 Å². The normalized spacial score (nSPS) is 12.2. The lowest BCUT2D eigenvalue weighted by molar-refractivity contribution is 0.281. The molecule has 0 fully saturated rings. The third-order valence-corrected chi connectivity index (χ3v) is 7.59. The van der Waals surface area contributed by atoms with Crippen molar-refractivity contribution in [1.82, 2.24) is 4.98 Å². The Labute approximate surface area is 186 Å². The van der Waals surface area contributed by atoms with Gasteiger partial charge in [0, 0.05) is 42.6 Å². The molecule has 8 nitrogen and oxygen atoms in total. The fourth-order valence-corrected chi connectivity index (χ4v) is 4.77. The molecule has 1 heterocycles. The van der Waals surface area contributed by atoms with Crippen molar-refractivity contribution < 1.29 is 22.0 Å². The molecule has 4 aromatic rings. The van der Waals surface area contributed by atoms with E-state index in [4.69, 9.17) is 9.05 Å². The van der Waals surface area contributed by atoms with Crippen molar-refractivity contribution in [2.45, 2.75) is 4.90 Å². The molecule has 1 aromatic heterocycles. The average Bonchev–Trinajstić information content (AvgIpc) is 2.79. The van der Waals surface area contributed by atoms with Gasteiger partial charge in [0.15, 0.2) is 9.84 Å². The topological polar surface area (TPSA) is 107 Å². The third-order valence-electron chi connectivity index (χ3n) is 4.98. The molecule has 0 radical (unpaired) electrons. The Morgan fingerprint density at radius 3 is 2.12 bits per heavy atom. The van der Waals surface area contributed by atoms with Crippen molar-refractivity contribution in [3.05, 3.63) is 66.7 Å². The van der Waals surface area contributed by atoms with Gasteiger partial charge in [-0.1, -0.05) is 18.2 Å². The molecular formula is C22H22N3O5PS. The van der Waals surface area contributed by atoms with E-state index in [-0.39, 0.29) is 4.90 Å². The molecule has 3 aromatic carbocycles. The first-order valence-electron chi connectivity index (χ1n) is 9.62. The van der Waals surface area contributed by atoms with Crippen LogP contribution in [0.3, 0.4) is 0 Å². The van der Waals surface area contributed by atoms with Crippen LogP contribution in [-0.4, -0.2) is 33.9 Å². The Kier molecular flexibility index (Phi) is 5.92. The molecule has 0 saturated carbocycles. The van der Waals surface area contributed by atoms with Gasteiger partial charge >= 0.3 is 7.75 Å². The smallest absolute Gasteiger partial charge is 0.354 e. The Balaban J connectivity index is 1.77. The fraction of sp³-hybridized carbons (Fsp3) is 0.136. The summed E-state index contributed by atoms with van der Waals surface area (Å²) >= 11 is 0. The molecule has 0 unspecified atom stereocenters. The van der Waals surface area contributed by atoms with E-state index < -0.39 is 17.6 Å². The van der Waals surface area contributed by atoms with Crippen LogP contribution in [-0.2, 0) is 23.4 Å². The van der Waals surface area contributed by atoms with Crippen LogP contribution in [0.4, 0.5) is 17.1 Å². The maximum Gasteiger partial charge on any atom is 0.432 e. The molecule has 10 heteroatoms. The van der Waals surface area contributed by atoms with E-state index in [0.29, 0.717) is 11.2 Å². The van der Waals surface area contributed by atoms with Gasteiger partial charge in [-0.05, 0) is 48.5 Å². The number of aromatic nitrogens is 1. The number of nitrogens with one attached hydrogen (secondary N) is 2. The molecule has 0 spiro atoms. The summed E-state index contributed by atoms with van der Waals surface area (Å²) in [5, 5.41) is 7.85. The van der Waals surface area contributed by atoms with Gasteiger partial charge in [-0.15, -0.1) is 0 Å². The Hall–Kier alpha value is -2.97. The highest BCUT2D eigenvalue weighted by molar-refractivity contribution is 7.90. The highest BCUT2D eigenvalue weighted by atomic mass is 32.2. The number of para-hydroxylation sites is 1. The highest BCUT2D eigenvalue weighted by Crippen LogP contribution is 2.46. The summed E-state index contributed by atoms with van der Waals surface area (Å²) in [6, 6.07) is 19.7. The molecule has 4 rings (SSSR count). The zero-order chi connectivity index (χ0) is 22.9. The summed E-state index contributed by atoms with van der Waals surface area (Å²) in [4.78, 5) is 4.87. The molecule has 0 saturated heterocycles. The van der Waals surface area contributed by atoms with Gasteiger partial charge < -0.3 is 5.32 Å². The Morgan fingerprint density at radius 1 is 0.844 bits per heavy atom. The van der Waals surface area contributed by atoms with Gasteiger partial charge in [0.05, 0.1) is 21.6 Å². The Morgan fingerprint density at radius 2 is 1.47 bits per heavy atom. The molecule has 2 N–H and O–H groups in total. The monoisotopic (exact) mass is 471 g/mol. The summed E-state index contributed by atoms with van der Waals surface area (Å²) in [6.45, 7) is 0. The van der Waals surface area contributed by atoms with Crippen molar-refractivity contribution in [1.29, 1.82) is 0 Å². The molecule has 0 aliphatic heterocycles. The van der Waals surface area contributed by atoms with Gasteiger partial charge in [-0.3, -0.25) is 14.1 Å². The summed E-state index contributed by atoms with van der Waals surface area (Å²) in [5.41, 5.74) is 3.49. The number of benzene rings is 3. The average molecular weight is 471 g/mol. The molecule has 0 atom stereocenters. The summed E-state index contributed by atoms with van der Waals surface area (Å²) in [7, 11) is -4.14. The van der Waals surface area contributed by atoms with Crippen LogP contribution in [0.2, 0.25) is 0 Å². The zero-order valence-corrected chi connectivity index (χ0v) is 19.4. The van der Waals surface area contributed by atoms with Crippen LogP contribution in [0, 0.1) is 0 Å². The number of hydrogen-bond acceptors (Lipinski definition) is 7. The lowest BCUT2D eigenvalue weighted by Gasteiger charge is -2.17. The van der Waals surface area contributed by atoms with Gasteiger partial charge in [-0.2, -0.15) is 0 Å². The summed E-state index contributed by atoms with van der Waals surface area (Å²) < 4.78 is 46.1. The molecule has 0 aliphatic carbocycles. The van der Waals surface area contributed by atoms with Crippen molar-refractivity contribution in [3.8, 4) is 0 Å². The quantitative estimate of drug-likeness (QED) is 0.275. The maximum absolute atomic E-state index is 12.3. The molecular weight excluding hydrogens is 449 g/mol. The van der Waals surface area contributed by atoms with Crippen molar-refractivity contribution in [2.75, 3.05) is 30.9 Å². The second-order valence-electron chi connectivity index (χ2n) is 7.13. The van der Waals surface area contributed by atoms with Crippen LogP contribution in [0.15, 0.2) is 71.6 Å². The third kappa shape index (κ3) is 4.47. The first kappa shape index (κ1) is 22.2. The van der Waals surface area contributed by atoms with Crippen LogP contribution >= 0.6 is 7.75 Å². The van der Waals surface area contributed by atoms with E-state index in [1.54, 1.807) is 30.3 Å². The molecule has 0 aliphatic rings. The highest BCUT2D eigenvalue weighted by Gasteiger charge is 2.20. The second-order valence-corrected chi connectivity index (χ2v) is 11.1. The van der Waals surface area contributed by atoms with Crippen LogP contribution in [0.25, 0.3) is 21.8 Å². The second kappa shape index (κ2) is 8.52. The largest absolute Gasteiger partial charge is 0.432 e. The maximum atomic E-state index is 12.3. The Bertz CT molecular complexity index is 1450. The number of pyridine rings is 1. The minimum atomic E-state index is -3.40. The van der Waals surface area contributed by atoms with Gasteiger partial charge in [0.25, 0.3) is 0 Å². The molecule has 32 heavy (non-hydrogen) atoms. The van der Waals surface area contributed by atoms with E-state index in [1.807, 2.05) is 36.4 Å². The first-order valence-corrected chi connectivity index (χ1v) is 13.1. The number of sulfone groups is 1. The number of fused-ring (bicyclic) bond motifs is 2. The molecule has 0 bridgehead atoms. The predicted octanol–water partition coefficient (Wildman–Crippen LogP) is 5.35. The van der Waals surface area contributed by atoms with Crippen LogP contribution in [0.5, 0.6) is 0 Å². The predicted molar refractivity (Wildman–Crippen MR) is 127 cm³/mol. The van der Waals surface area contributed by atoms with Gasteiger partial charge in [0.2, 0.25) is 0 Å². The van der Waals surface area contributed by atoms with E-state index >= 15 is 0 Å². The fourth-order valence-electron chi connectivity index (χ4n) is 3.33. The van der Waals surface area contributed by atoms with Crippen molar-refractivity contribution in [2.24, 2.45) is 0 Å². The van der Waals surface area contributed by atoms with Crippen molar-refractivity contribution in [3.63, 3.8) is 0 Å². The molecule has 166 valence electrons. The number of anilines is 3. The minimum absolute atomic E-state index is 0.217. The van der Waals surface area contributed by atoms with E-state index in [1.165, 1.54) is 20.5 Å². The standard InChI is InChI=1S/C22H22N3O5PS/c1-29-31(26,30-2)25-16-10-8-15(9-11-16)23-22-18-6-4-5-7-20(18)24-21-14-17(32(3,27)28)12-13-19(21)22/h4-14H,1-3H3,(H,23,24)(H,25,26). The van der Waals surface area contributed by atoms with E-state index in [2.05, 4.69) is 15.4 Å². The number of nitrogens with zero attached hydrogens (tertiary/aromatic N) is 1. The zero-order valence-electron chi connectivity index (χ0n) is 17.7. The van der Waals surface area contributed by atoms with Crippen LogP contribution < -0.4 is 10.4 Å². The van der Waals surface area contributed by atoms with Gasteiger partial charge in [0.1, 0.15) is 0 Å². The van der Waals surface area contributed by atoms with E-state index in [0.717, 1.165) is 27.7 Å². The lowest BCUT2D eigenvalue weighted by Crippen LogP contribution is -2.01. The summed E-state index contributed by atoms with van der Waals surface area (Å²) in [6.07, 6.45) is 1.18. The van der Waals surface area contributed by atoms with Gasteiger partial charge in [-0.25, -0.2) is 18.0 Å². The summed E-state index contributed by atoms with van der Waals surface area (Å²) in [5.74, 6) is 0. The minimum Gasteiger partial charge on any atom is -0.354 e.